The van der Waals surface area contributed by atoms with E-state index in [4.69, 9.17) is 17.3 Å². The molecule has 7 heteroatoms. The fourth-order valence-corrected chi connectivity index (χ4v) is 1.83. The summed E-state index contributed by atoms with van der Waals surface area (Å²) in [5.74, 6) is -0.607. The van der Waals surface area contributed by atoms with E-state index in [0.29, 0.717) is 17.9 Å². The number of anilines is 2. The largest absolute Gasteiger partial charge is 0.480 e. The first-order chi connectivity index (χ1) is 9.54. The van der Waals surface area contributed by atoms with Gasteiger partial charge in [-0.15, -0.1) is 0 Å². The highest BCUT2D eigenvalue weighted by Crippen LogP contribution is 2.13. The Kier molecular flexibility index (Phi) is 4.37. The van der Waals surface area contributed by atoms with Crippen LogP contribution in [-0.2, 0) is 11.2 Å². The molecule has 6 nitrogen and oxygen atoms in total. The first kappa shape index (κ1) is 14.1. The van der Waals surface area contributed by atoms with Crippen molar-refractivity contribution in [2.24, 2.45) is 0 Å². The lowest BCUT2D eigenvalue weighted by molar-refractivity contribution is -0.137. The minimum Gasteiger partial charge on any atom is -0.480 e. The monoisotopic (exact) mass is 292 g/mol. The van der Waals surface area contributed by atoms with E-state index >= 15 is 0 Å². The van der Waals surface area contributed by atoms with Crippen molar-refractivity contribution in [2.75, 3.05) is 11.1 Å². The summed E-state index contributed by atoms with van der Waals surface area (Å²) in [5.41, 5.74) is 7.09. The zero-order valence-corrected chi connectivity index (χ0v) is 11.2. The van der Waals surface area contributed by atoms with Crippen LogP contribution in [0.25, 0.3) is 0 Å². The highest BCUT2D eigenvalue weighted by Gasteiger charge is 2.18. The maximum atomic E-state index is 11.3. The second kappa shape index (κ2) is 6.21. The molecule has 20 heavy (non-hydrogen) atoms. The van der Waals surface area contributed by atoms with E-state index in [1.165, 1.54) is 12.4 Å². The van der Waals surface area contributed by atoms with Gasteiger partial charge in [0, 0.05) is 18.2 Å². The van der Waals surface area contributed by atoms with E-state index in [0.717, 1.165) is 5.56 Å². The molecule has 0 bridgehead atoms. The Morgan fingerprint density at radius 2 is 2.05 bits per heavy atom. The van der Waals surface area contributed by atoms with E-state index in [2.05, 4.69) is 15.3 Å². The molecule has 0 saturated carbocycles. The third-order valence-electron chi connectivity index (χ3n) is 2.67. The van der Waals surface area contributed by atoms with Gasteiger partial charge in [0.2, 0.25) is 0 Å². The fraction of sp³-hybridized carbons (Fsp3) is 0.154. The number of hydrogen-bond acceptors (Lipinski definition) is 5. The van der Waals surface area contributed by atoms with Crippen LogP contribution in [0.5, 0.6) is 0 Å². The Balaban J connectivity index is 2.11. The molecule has 1 unspecified atom stereocenters. The number of carboxylic acids is 1. The number of aliphatic carboxylic acids is 1. The summed E-state index contributed by atoms with van der Waals surface area (Å²) >= 11 is 5.73. The molecule has 0 aliphatic rings. The number of nitrogens with one attached hydrogen (secondary N) is 1. The maximum absolute atomic E-state index is 11.3. The number of carboxylic acid groups (broad SMARTS) is 1. The van der Waals surface area contributed by atoms with Crippen LogP contribution in [0.2, 0.25) is 5.15 Å². The van der Waals surface area contributed by atoms with Gasteiger partial charge in [0.15, 0.2) is 0 Å². The number of nitrogens with two attached hydrogens (primary N) is 1. The number of rotatable bonds is 5. The van der Waals surface area contributed by atoms with Crippen LogP contribution in [0.1, 0.15) is 5.56 Å². The highest BCUT2D eigenvalue weighted by atomic mass is 35.5. The summed E-state index contributed by atoms with van der Waals surface area (Å²) in [6.07, 6.45) is 1.57. The van der Waals surface area contributed by atoms with Crippen LogP contribution in [-0.4, -0.2) is 27.1 Å². The van der Waals surface area contributed by atoms with Gasteiger partial charge < -0.3 is 16.2 Å². The molecule has 104 valence electrons. The van der Waals surface area contributed by atoms with Crippen molar-refractivity contribution in [1.82, 2.24) is 9.97 Å². The summed E-state index contributed by atoms with van der Waals surface area (Å²) in [4.78, 5) is 19.0. The average molecular weight is 293 g/mol. The van der Waals surface area contributed by atoms with Crippen LogP contribution in [0.15, 0.2) is 36.7 Å². The molecule has 1 aromatic heterocycles. The number of halogens is 1. The van der Waals surface area contributed by atoms with Crippen LogP contribution in [0.4, 0.5) is 11.5 Å². The predicted octanol–water partition coefficient (Wildman–Crippen LogP) is 1.82. The highest BCUT2D eigenvalue weighted by molar-refractivity contribution is 6.29. The molecular formula is C13H13ClN4O2. The molecule has 1 aromatic carbocycles. The molecule has 0 saturated heterocycles. The van der Waals surface area contributed by atoms with Crippen LogP contribution in [0.3, 0.4) is 0 Å². The van der Waals surface area contributed by atoms with E-state index in [1.807, 2.05) is 0 Å². The topological polar surface area (TPSA) is 101 Å². The van der Waals surface area contributed by atoms with Crippen molar-refractivity contribution in [3.63, 3.8) is 0 Å². The zero-order valence-electron chi connectivity index (χ0n) is 10.5. The molecule has 1 atom stereocenters. The van der Waals surface area contributed by atoms with Crippen molar-refractivity contribution in [3.05, 3.63) is 47.4 Å². The molecule has 0 aliphatic carbocycles. The Morgan fingerprint density at radius 1 is 1.35 bits per heavy atom. The van der Waals surface area contributed by atoms with Gasteiger partial charge in [0.1, 0.15) is 23.3 Å². The Hall–Kier alpha value is -2.34. The second-order valence-corrected chi connectivity index (χ2v) is 4.59. The van der Waals surface area contributed by atoms with Gasteiger partial charge in [0.05, 0.1) is 0 Å². The molecule has 2 rings (SSSR count). The van der Waals surface area contributed by atoms with Gasteiger partial charge in [0.25, 0.3) is 0 Å². The maximum Gasteiger partial charge on any atom is 0.326 e. The van der Waals surface area contributed by atoms with Gasteiger partial charge >= 0.3 is 5.97 Å². The molecular weight excluding hydrogens is 280 g/mol. The van der Waals surface area contributed by atoms with Crippen molar-refractivity contribution in [2.45, 2.75) is 12.5 Å². The number of nitrogens with zero attached hydrogens (tertiary/aromatic N) is 2. The van der Waals surface area contributed by atoms with Gasteiger partial charge in [-0.2, -0.15) is 0 Å². The molecule has 0 spiro atoms. The van der Waals surface area contributed by atoms with Crippen LogP contribution < -0.4 is 11.1 Å². The third-order valence-corrected chi connectivity index (χ3v) is 2.88. The molecule has 1 heterocycles. The number of benzene rings is 1. The first-order valence-electron chi connectivity index (χ1n) is 5.86. The average Bonchev–Trinajstić information content (AvgIpc) is 2.40. The van der Waals surface area contributed by atoms with E-state index in [9.17, 15) is 9.90 Å². The molecule has 2 aromatic rings. The van der Waals surface area contributed by atoms with Gasteiger partial charge in [-0.05, 0) is 17.7 Å². The van der Waals surface area contributed by atoms with E-state index in [1.54, 1.807) is 24.3 Å². The summed E-state index contributed by atoms with van der Waals surface area (Å²) in [6, 6.07) is 7.70. The lowest BCUT2D eigenvalue weighted by Crippen LogP contribution is -2.31. The normalized spacial score (nSPS) is 11.8. The fourth-order valence-electron chi connectivity index (χ4n) is 1.68. The molecule has 4 N–H and O–H groups in total. The number of nitrogen functional groups attached to an aromatic ring is 1. The minimum atomic E-state index is -0.975. The van der Waals surface area contributed by atoms with Gasteiger partial charge in [-0.3, -0.25) is 0 Å². The molecule has 0 radical (unpaired) electrons. The predicted molar refractivity (Wildman–Crippen MR) is 76.6 cm³/mol. The number of carbonyl (C=O) groups is 1. The van der Waals surface area contributed by atoms with Gasteiger partial charge in [-0.1, -0.05) is 23.7 Å². The SMILES string of the molecule is Nc1ccc(CC(Nc2cc(Cl)ncn2)C(=O)O)cc1. The Labute approximate surface area is 120 Å². The van der Waals surface area contributed by atoms with Crippen molar-refractivity contribution < 1.29 is 9.90 Å². The standard InChI is InChI=1S/C13H13ClN4O2/c14-11-6-12(17-7-16-11)18-10(13(19)20)5-8-1-3-9(15)4-2-8/h1-4,6-7,10H,5,15H2,(H,19,20)(H,16,17,18). The summed E-state index contributed by atoms with van der Waals surface area (Å²) in [5, 5.41) is 12.3. The van der Waals surface area contributed by atoms with Crippen molar-refractivity contribution in [3.8, 4) is 0 Å². The smallest absolute Gasteiger partial charge is 0.326 e. The summed E-state index contributed by atoms with van der Waals surface area (Å²) in [6.45, 7) is 0. The second-order valence-electron chi connectivity index (χ2n) is 4.21. The van der Waals surface area contributed by atoms with E-state index < -0.39 is 12.0 Å². The Bertz CT molecular complexity index is 604. The number of hydrogen-bond donors (Lipinski definition) is 3. The zero-order chi connectivity index (χ0) is 14.5. The van der Waals surface area contributed by atoms with Crippen molar-refractivity contribution >= 4 is 29.1 Å². The lowest BCUT2D eigenvalue weighted by Gasteiger charge is -2.15. The molecule has 0 amide bonds. The van der Waals surface area contributed by atoms with Crippen LogP contribution in [0, 0.1) is 0 Å². The summed E-state index contributed by atoms with van der Waals surface area (Å²) < 4.78 is 0. The van der Waals surface area contributed by atoms with Crippen LogP contribution >= 0.6 is 11.6 Å². The minimum absolute atomic E-state index is 0.249. The Morgan fingerprint density at radius 3 is 2.65 bits per heavy atom. The third kappa shape index (κ3) is 3.83. The quantitative estimate of drug-likeness (QED) is 0.574. The molecule has 0 fully saturated rings. The van der Waals surface area contributed by atoms with E-state index in [-0.39, 0.29) is 5.15 Å². The lowest BCUT2D eigenvalue weighted by atomic mass is 10.1. The van der Waals surface area contributed by atoms with Crippen molar-refractivity contribution in [1.29, 1.82) is 0 Å². The number of aromatic nitrogens is 2. The first-order valence-corrected chi connectivity index (χ1v) is 6.23. The summed E-state index contributed by atoms with van der Waals surface area (Å²) in [7, 11) is 0. The molecule has 0 aliphatic heterocycles. The van der Waals surface area contributed by atoms with Gasteiger partial charge in [-0.25, -0.2) is 14.8 Å².